The monoisotopic (exact) mass is 261 g/mol. The zero-order chi connectivity index (χ0) is 13.1. The Kier molecular flexibility index (Phi) is 4.16. The number of benzene rings is 1. The van der Waals surface area contributed by atoms with E-state index in [2.05, 4.69) is 24.3 Å². The quantitative estimate of drug-likeness (QED) is 0.909. The van der Waals surface area contributed by atoms with Gasteiger partial charge in [-0.05, 0) is 43.2 Å². The SMILES string of the molecule is NC1c2ccccc2CCC1OCC1CCCCO1. The Morgan fingerprint density at radius 3 is 2.95 bits per heavy atom. The highest BCUT2D eigenvalue weighted by atomic mass is 16.5. The summed E-state index contributed by atoms with van der Waals surface area (Å²) in [6.45, 7) is 1.58. The highest BCUT2D eigenvalue weighted by molar-refractivity contribution is 5.33. The molecule has 0 bridgehead atoms. The summed E-state index contributed by atoms with van der Waals surface area (Å²) in [6.07, 6.45) is 6.07. The first-order chi connectivity index (χ1) is 9.34. The number of hydrogen-bond donors (Lipinski definition) is 1. The Morgan fingerprint density at radius 2 is 2.11 bits per heavy atom. The summed E-state index contributed by atoms with van der Waals surface area (Å²) in [5.41, 5.74) is 8.97. The van der Waals surface area contributed by atoms with E-state index in [0.717, 1.165) is 25.9 Å². The molecule has 19 heavy (non-hydrogen) atoms. The van der Waals surface area contributed by atoms with Crippen LogP contribution in [0.1, 0.15) is 42.9 Å². The lowest BCUT2D eigenvalue weighted by molar-refractivity contribution is -0.0714. The molecule has 1 saturated heterocycles. The van der Waals surface area contributed by atoms with E-state index in [-0.39, 0.29) is 18.2 Å². The van der Waals surface area contributed by atoms with Crippen molar-refractivity contribution in [2.75, 3.05) is 13.2 Å². The highest BCUT2D eigenvalue weighted by Crippen LogP contribution is 2.30. The van der Waals surface area contributed by atoms with Crippen LogP contribution >= 0.6 is 0 Å². The summed E-state index contributed by atoms with van der Waals surface area (Å²) < 4.78 is 11.7. The third kappa shape index (κ3) is 2.99. The molecular weight excluding hydrogens is 238 g/mol. The minimum Gasteiger partial charge on any atom is -0.376 e. The lowest BCUT2D eigenvalue weighted by Crippen LogP contribution is -2.36. The first-order valence-electron chi connectivity index (χ1n) is 7.41. The molecule has 1 fully saturated rings. The number of hydrogen-bond acceptors (Lipinski definition) is 3. The summed E-state index contributed by atoms with van der Waals surface area (Å²) in [6, 6.07) is 8.46. The zero-order valence-corrected chi connectivity index (χ0v) is 11.4. The van der Waals surface area contributed by atoms with Gasteiger partial charge in [0, 0.05) is 6.61 Å². The molecule has 2 N–H and O–H groups in total. The first-order valence-corrected chi connectivity index (χ1v) is 7.41. The van der Waals surface area contributed by atoms with E-state index in [1.165, 1.54) is 24.0 Å². The summed E-state index contributed by atoms with van der Waals surface area (Å²) in [5, 5.41) is 0. The fraction of sp³-hybridized carbons (Fsp3) is 0.625. The van der Waals surface area contributed by atoms with Crippen molar-refractivity contribution in [3.8, 4) is 0 Å². The average Bonchev–Trinajstić information content (AvgIpc) is 2.48. The van der Waals surface area contributed by atoms with Crippen molar-refractivity contribution < 1.29 is 9.47 Å². The highest BCUT2D eigenvalue weighted by Gasteiger charge is 2.28. The molecular formula is C16H23NO2. The van der Waals surface area contributed by atoms with Crippen LogP contribution in [0.3, 0.4) is 0 Å². The van der Waals surface area contributed by atoms with Crippen LogP contribution in [0.15, 0.2) is 24.3 Å². The van der Waals surface area contributed by atoms with E-state index in [4.69, 9.17) is 15.2 Å². The molecule has 1 aliphatic carbocycles. The Labute approximate surface area is 115 Å². The van der Waals surface area contributed by atoms with Crippen LogP contribution in [-0.2, 0) is 15.9 Å². The van der Waals surface area contributed by atoms with Crippen LogP contribution in [0.25, 0.3) is 0 Å². The van der Waals surface area contributed by atoms with Gasteiger partial charge >= 0.3 is 0 Å². The second-order valence-electron chi connectivity index (χ2n) is 5.62. The lowest BCUT2D eigenvalue weighted by atomic mass is 9.86. The Bertz CT molecular complexity index is 415. The van der Waals surface area contributed by atoms with Gasteiger partial charge in [0.2, 0.25) is 0 Å². The van der Waals surface area contributed by atoms with E-state index in [1.807, 2.05) is 0 Å². The van der Waals surface area contributed by atoms with Crippen molar-refractivity contribution in [3.05, 3.63) is 35.4 Å². The molecule has 1 aromatic rings. The summed E-state index contributed by atoms with van der Waals surface area (Å²) in [4.78, 5) is 0. The number of fused-ring (bicyclic) bond motifs is 1. The Morgan fingerprint density at radius 1 is 1.21 bits per heavy atom. The summed E-state index contributed by atoms with van der Waals surface area (Å²) in [5.74, 6) is 0. The maximum absolute atomic E-state index is 6.34. The van der Waals surface area contributed by atoms with E-state index in [1.54, 1.807) is 0 Å². The predicted molar refractivity (Wildman–Crippen MR) is 75.0 cm³/mol. The third-order valence-electron chi connectivity index (χ3n) is 4.28. The van der Waals surface area contributed by atoms with Gasteiger partial charge in [0.15, 0.2) is 0 Å². The standard InChI is InChI=1S/C16H23NO2/c17-16-14-7-2-1-5-12(14)8-9-15(16)19-11-13-6-3-4-10-18-13/h1-2,5,7,13,15-16H,3-4,6,8-11,17H2. The molecule has 3 atom stereocenters. The average molecular weight is 261 g/mol. The van der Waals surface area contributed by atoms with Gasteiger partial charge in [-0.2, -0.15) is 0 Å². The normalized spacial score (nSPS) is 30.9. The second kappa shape index (κ2) is 6.04. The van der Waals surface area contributed by atoms with Gasteiger partial charge in [0.25, 0.3) is 0 Å². The third-order valence-corrected chi connectivity index (χ3v) is 4.28. The molecule has 3 heteroatoms. The van der Waals surface area contributed by atoms with Crippen molar-refractivity contribution in [1.29, 1.82) is 0 Å². The Hall–Kier alpha value is -0.900. The molecule has 2 aliphatic rings. The predicted octanol–water partition coefficient (Wildman–Crippen LogP) is 2.59. The van der Waals surface area contributed by atoms with Gasteiger partial charge in [0.1, 0.15) is 0 Å². The number of rotatable bonds is 3. The first kappa shape index (κ1) is 13.1. The molecule has 0 amide bonds. The number of ether oxygens (including phenoxy) is 2. The van der Waals surface area contributed by atoms with Crippen molar-refractivity contribution in [3.63, 3.8) is 0 Å². The van der Waals surface area contributed by atoms with Crippen LogP contribution in [-0.4, -0.2) is 25.4 Å². The molecule has 0 saturated carbocycles. The minimum atomic E-state index is 0.00791. The molecule has 0 spiro atoms. The van der Waals surface area contributed by atoms with Gasteiger partial charge in [-0.25, -0.2) is 0 Å². The fourth-order valence-electron chi connectivity index (χ4n) is 3.12. The molecule has 0 aromatic heterocycles. The Balaban J connectivity index is 1.57. The van der Waals surface area contributed by atoms with Crippen molar-refractivity contribution in [2.45, 2.75) is 50.4 Å². The van der Waals surface area contributed by atoms with Gasteiger partial charge in [0.05, 0.1) is 24.9 Å². The topological polar surface area (TPSA) is 44.5 Å². The van der Waals surface area contributed by atoms with E-state index in [0.29, 0.717) is 6.61 Å². The van der Waals surface area contributed by atoms with Crippen molar-refractivity contribution in [2.24, 2.45) is 5.73 Å². The largest absolute Gasteiger partial charge is 0.376 e. The molecule has 3 rings (SSSR count). The number of nitrogens with two attached hydrogens (primary N) is 1. The van der Waals surface area contributed by atoms with Gasteiger partial charge < -0.3 is 15.2 Å². The van der Waals surface area contributed by atoms with E-state index >= 15 is 0 Å². The van der Waals surface area contributed by atoms with Crippen LogP contribution in [0.5, 0.6) is 0 Å². The number of aryl methyl sites for hydroxylation is 1. The van der Waals surface area contributed by atoms with Crippen LogP contribution in [0.4, 0.5) is 0 Å². The molecule has 3 nitrogen and oxygen atoms in total. The van der Waals surface area contributed by atoms with Gasteiger partial charge in [-0.15, -0.1) is 0 Å². The zero-order valence-electron chi connectivity index (χ0n) is 11.4. The van der Waals surface area contributed by atoms with Crippen LogP contribution < -0.4 is 5.73 Å². The van der Waals surface area contributed by atoms with Crippen LogP contribution in [0, 0.1) is 0 Å². The van der Waals surface area contributed by atoms with Gasteiger partial charge in [-0.3, -0.25) is 0 Å². The molecule has 1 aliphatic heterocycles. The molecule has 104 valence electrons. The molecule has 0 radical (unpaired) electrons. The minimum absolute atomic E-state index is 0.00791. The summed E-state index contributed by atoms with van der Waals surface area (Å²) >= 11 is 0. The maximum atomic E-state index is 6.34. The van der Waals surface area contributed by atoms with Crippen LogP contribution in [0.2, 0.25) is 0 Å². The lowest BCUT2D eigenvalue weighted by Gasteiger charge is -2.32. The van der Waals surface area contributed by atoms with Gasteiger partial charge in [-0.1, -0.05) is 24.3 Å². The fourth-order valence-corrected chi connectivity index (χ4v) is 3.12. The van der Waals surface area contributed by atoms with E-state index in [9.17, 15) is 0 Å². The second-order valence-corrected chi connectivity index (χ2v) is 5.62. The molecule has 1 heterocycles. The molecule has 3 unspecified atom stereocenters. The smallest absolute Gasteiger partial charge is 0.0808 e. The summed E-state index contributed by atoms with van der Waals surface area (Å²) in [7, 11) is 0. The maximum Gasteiger partial charge on any atom is 0.0808 e. The molecule has 1 aromatic carbocycles. The van der Waals surface area contributed by atoms with E-state index < -0.39 is 0 Å². The van der Waals surface area contributed by atoms with Crippen molar-refractivity contribution >= 4 is 0 Å². The van der Waals surface area contributed by atoms with Crippen molar-refractivity contribution in [1.82, 2.24) is 0 Å².